The topological polar surface area (TPSA) is 32.3 Å². The van der Waals surface area contributed by atoms with E-state index in [1.807, 2.05) is 24.1 Å². The molecule has 18 heavy (non-hydrogen) atoms. The van der Waals surface area contributed by atoms with Gasteiger partial charge in [0.05, 0.1) is 6.42 Å². The van der Waals surface area contributed by atoms with Crippen molar-refractivity contribution in [3.63, 3.8) is 0 Å². The number of hydrogen-bond acceptors (Lipinski definition) is 2. The van der Waals surface area contributed by atoms with E-state index < -0.39 is 0 Å². The number of hydrogen-bond donors (Lipinski definition) is 1. The van der Waals surface area contributed by atoms with E-state index in [4.69, 9.17) is 0 Å². The molecule has 2 rings (SSSR count). The summed E-state index contributed by atoms with van der Waals surface area (Å²) in [7, 11) is 1.95. The standard InChI is InChI=1S/C15H22N2O/c1-12-5-3-6-13(9-12)10-15(18)17-8-4-7-14(17)11-16-2/h3,5-6,9,14,16H,4,7-8,10-11H2,1-2H3/t14-/m1/s1. The number of aryl methyl sites for hydroxylation is 1. The SMILES string of the molecule is CNC[C@H]1CCCN1C(=O)Cc1cccc(C)c1. The van der Waals surface area contributed by atoms with Crippen molar-refractivity contribution in [3.8, 4) is 0 Å². The van der Waals surface area contributed by atoms with Gasteiger partial charge in [0.25, 0.3) is 0 Å². The molecule has 0 spiro atoms. The summed E-state index contributed by atoms with van der Waals surface area (Å²) in [6.45, 7) is 3.88. The molecule has 1 fully saturated rings. The summed E-state index contributed by atoms with van der Waals surface area (Å²) in [5.74, 6) is 0.262. The minimum atomic E-state index is 0.262. The lowest BCUT2D eigenvalue weighted by Crippen LogP contribution is -2.41. The van der Waals surface area contributed by atoms with Gasteiger partial charge >= 0.3 is 0 Å². The van der Waals surface area contributed by atoms with Crippen LogP contribution < -0.4 is 5.32 Å². The third-order valence-corrected chi connectivity index (χ3v) is 3.58. The Morgan fingerprint density at radius 3 is 3.06 bits per heavy atom. The van der Waals surface area contributed by atoms with Crippen LogP contribution in [0.25, 0.3) is 0 Å². The maximum atomic E-state index is 12.3. The summed E-state index contributed by atoms with van der Waals surface area (Å²) in [5.41, 5.74) is 2.34. The number of nitrogens with zero attached hydrogens (tertiary/aromatic N) is 1. The molecule has 1 heterocycles. The Morgan fingerprint density at radius 1 is 1.50 bits per heavy atom. The van der Waals surface area contributed by atoms with Crippen molar-refractivity contribution >= 4 is 5.91 Å². The molecule has 1 atom stereocenters. The van der Waals surface area contributed by atoms with Crippen molar-refractivity contribution in [2.75, 3.05) is 20.1 Å². The van der Waals surface area contributed by atoms with Crippen molar-refractivity contribution in [3.05, 3.63) is 35.4 Å². The molecule has 0 saturated carbocycles. The van der Waals surface area contributed by atoms with Crippen LogP contribution in [0, 0.1) is 6.92 Å². The van der Waals surface area contributed by atoms with Gasteiger partial charge < -0.3 is 10.2 Å². The molecule has 0 unspecified atom stereocenters. The normalized spacial score (nSPS) is 19.2. The predicted molar refractivity (Wildman–Crippen MR) is 73.5 cm³/mol. The third-order valence-electron chi connectivity index (χ3n) is 3.58. The molecule has 1 saturated heterocycles. The van der Waals surface area contributed by atoms with Gasteiger partial charge in [0.15, 0.2) is 0 Å². The Balaban J connectivity index is 1.99. The first kappa shape index (κ1) is 13.1. The third kappa shape index (κ3) is 3.10. The zero-order valence-electron chi connectivity index (χ0n) is 11.3. The lowest BCUT2D eigenvalue weighted by Gasteiger charge is -2.24. The number of likely N-dealkylation sites (N-methyl/N-ethyl adjacent to an activating group) is 1. The monoisotopic (exact) mass is 246 g/mol. The molecule has 1 aromatic carbocycles. The van der Waals surface area contributed by atoms with Crippen LogP contribution in [0.5, 0.6) is 0 Å². The molecule has 1 aliphatic rings. The van der Waals surface area contributed by atoms with E-state index in [2.05, 4.69) is 24.4 Å². The Labute approximate surface area is 109 Å². The lowest BCUT2D eigenvalue weighted by atomic mass is 10.1. The first-order valence-corrected chi connectivity index (χ1v) is 6.70. The van der Waals surface area contributed by atoms with E-state index in [1.54, 1.807) is 0 Å². The molecule has 1 amide bonds. The highest BCUT2D eigenvalue weighted by Gasteiger charge is 2.27. The van der Waals surface area contributed by atoms with Crippen LogP contribution >= 0.6 is 0 Å². The molecule has 0 aromatic heterocycles. The van der Waals surface area contributed by atoms with Crippen molar-refractivity contribution in [2.24, 2.45) is 0 Å². The lowest BCUT2D eigenvalue weighted by molar-refractivity contribution is -0.131. The Kier molecular flexibility index (Phi) is 4.37. The minimum absolute atomic E-state index is 0.262. The maximum Gasteiger partial charge on any atom is 0.227 e. The fourth-order valence-electron chi connectivity index (χ4n) is 2.71. The second-order valence-corrected chi connectivity index (χ2v) is 5.11. The highest BCUT2D eigenvalue weighted by atomic mass is 16.2. The second-order valence-electron chi connectivity index (χ2n) is 5.11. The van der Waals surface area contributed by atoms with Gasteiger partial charge in [-0.2, -0.15) is 0 Å². The van der Waals surface area contributed by atoms with Gasteiger partial charge in [-0.25, -0.2) is 0 Å². The number of likely N-dealkylation sites (tertiary alicyclic amines) is 1. The molecule has 3 heteroatoms. The van der Waals surface area contributed by atoms with Crippen molar-refractivity contribution in [2.45, 2.75) is 32.2 Å². The van der Waals surface area contributed by atoms with Gasteiger partial charge in [0.1, 0.15) is 0 Å². The van der Waals surface area contributed by atoms with Crippen LogP contribution in [-0.4, -0.2) is 37.0 Å². The Morgan fingerprint density at radius 2 is 2.33 bits per heavy atom. The number of nitrogens with one attached hydrogen (secondary N) is 1. The number of carbonyl (C=O) groups excluding carboxylic acids is 1. The molecular weight excluding hydrogens is 224 g/mol. The fourth-order valence-corrected chi connectivity index (χ4v) is 2.71. The van der Waals surface area contributed by atoms with Crippen molar-refractivity contribution < 1.29 is 4.79 Å². The van der Waals surface area contributed by atoms with Crippen LogP contribution in [0.4, 0.5) is 0 Å². The molecule has 0 bridgehead atoms. The zero-order chi connectivity index (χ0) is 13.0. The van der Waals surface area contributed by atoms with E-state index in [9.17, 15) is 4.79 Å². The summed E-state index contributed by atoms with van der Waals surface area (Å²) in [6.07, 6.45) is 2.79. The first-order valence-electron chi connectivity index (χ1n) is 6.70. The Hall–Kier alpha value is -1.35. The summed E-state index contributed by atoms with van der Waals surface area (Å²) in [4.78, 5) is 14.3. The quantitative estimate of drug-likeness (QED) is 0.878. The molecule has 1 aliphatic heterocycles. The average Bonchev–Trinajstić information content (AvgIpc) is 2.78. The molecule has 1 aromatic rings. The van der Waals surface area contributed by atoms with Crippen LogP contribution in [0.1, 0.15) is 24.0 Å². The predicted octanol–water partition coefficient (Wildman–Crippen LogP) is 1.75. The summed E-state index contributed by atoms with van der Waals surface area (Å²) in [6, 6.07) is 8.60. The van der Waals surface area contributed by atoms with Crippen LogP contribution in [0.15, 0.2) is 24.3 Å². The van der Waals surface area contributed by atoms with E-state index in [0.717, 1.165) is 31.5 Å². The Bertz CT molecular complexity index is 417. The number of rotatable bonds is 4. The van der Waals surface area contributed by atoms with E-state index in [1.165, 1.54) is 5.56 Å². The van der Waals surface area contributed by atoms with Gasteiger partial charge in [0, 0.05) is 19.1 Å². The molecule has 3 nitrogen and oxygen atoms in total. The van der Waals surface area contributed by atoms with Gasteiger partial charge in [-0.05, 0) is 32.4 Å². The van der Waals surface area contributed by atoms with Crippen LogP contribution in [0.2, 0.25) is 0 Å². The van der Waals surface area contributed by atoms with E-state index in [0.29, 0.717) is 12.5 Å². The number of carbonyl (C=O) groups is 1. The second kappa shape index (κ2) is 6.01. The minimum Gasteiger partial charge on any atom is -0.338 e. The van der Waals surface area contributed by atoms with Gasteiger partial charge in [-0.15, -0.1) is 0 Å². The zero-order valence-corrected chi connectivity index (χ0v) is 11.3. The number of amides is 1. The van der Waals surface area contributed by atoms with Gasteiger partial charge in [-0.1, -0.05) is 29.8 Å². The van der Waals surface area contributed by atoms with Crippen LogP contribution in [0.3, 0.4) is 0 Å². The summed E-state index contributed by atoms with van der Waals surface area (Å²) >= 11 is 0. The van der Waals surface area contributed by atoms with E-state index in [-0.39, 0.29) is 5.91 Å². The molecule has 0 radical (unpaired) electrons. The highest BCUT2D eigenvalue weighted by Crippen LogP contribution is 2.18. The molecular formula is C15H22N2O. The maximum absolute atomic E-state index is 12.3. The largest absolute Gasteiger partial charge is 0.338 e. The molecule has 0 aliphatic carbocycles. The first-order chi connectivity index (χ1) is 8.70. The van der Waals surface area contributed by atoms with Gasteiger partial charge in [-0.3, -0.25) is 4.79 Å². The van der Waals surface area contributed by atoms with Crippen molar-refractivity contribution in [1.82, 2.24) is 10.2 Å². The molecule has 1 N–H and O–H groups in total. The fraction of sp³-hybridized carbons (Fsp3) is 0.533. The van der Waals surface area contributed by atoms with Crippen molar-refractivity contribution in [1.29, 1.82) is 0 Å². The van der Waals surface area contributed by atoms with Gasteiger partial charge in [0.2, 0.25) is 5.91 Å². The van der Waals surface area contributed by atoms with E-state index >= 15 is 0 Å². The highest BCUT2D eigenvalue weighted by molar-refractivity contribution is 5.79. The molecule has 98 valence electrons. The summed E-state index contributed by atoms with van der Waals surface area (Å²) < 4.78 is 0. The summed E-state index contributed by atoms with van der Waals surface area (Å²) in [5, 5.41) is 3.17. The average molecular weight is 246 g/mol. The smallest absolute Gasteiger partial charge is 0.227 e. The van der Waals surface area contributed by atoms with Crippen LogP contribution in [-0.2, 0) is 11.2 Å². The number of benzene rings is 1.